The van der Waals surface area contributed by atoms with Crippen LogP contribution >= 0.6 is 15.9 Å². The Labute approximate surface area is 101 Å². The van der Waals surface area contributed by atoms with Gasteiger partial charge in [0.15, 0.2) is 0 Å². The van der Waals surface area contributed by atoms with Gasteiger partial charge >= 0.3 is 0 Å². The predicted molar refractivity (Wildman–Crippen MR) is 62.6 cm³/mol. The van der Waals surface area contributed by atoms with Crippen molar-refractivity contribution in [3.63, 3.8) is 0 Å². The average molecular weight is 290 g/mol. The molecule has 1 aromatic carbocycles. The van der Waals surface area contributed by atoms with E-state index in [9.17, 15) is 20.3 Å². The molecule has 0 saturated carbocycles. The van der Waals surface area contributed by atoms with E-state index in [1.54, 1.807) is 13.0 Å². The number of hydrogen-bond donors (Lipinski definition) is 2. The summed E-state index contributed by atoms with van der Waals surface area (Å²) in [6, 6.07) is 4.50. The van der Waals surface area contributed by atoms with Crippen molar-refractivity contribution < 1.29 is 15.1 Å². The first-order valence-electron chi connectivity index (χ1n) is 4.64. The molecule has 6 heteroatoms. The molecule has 0 aromatic heterocycles. The zero-order chi connectivity index (χ0) is 12.3. The van der Waals surface area contributed by atoms with Gasteiger partial charge in [-0.05, 0) is 18.6 Å². The van der Waals surface area contributed by atoms with Crippen molar-refractivity contribution in [3.05, 3.63) is 39.4 Å². The van der Waals surface area contributed by atoms with E-state index in [0.29, 0.717) is 0 Å². The number of benzene rings is 1. The van der Waals surface area contributed by atoms with Crippen molar-refractivity contribution in [1.82, 2.24) is 0 Å². The van der Waals surface area contributed by atoms with Gasteiger partial charge in [-0.1, -0.05) is 22.0 Å². The van der Waals surface area contributed by atoms with E-state index in [2.05, 4.69) is 15.9 Å². The fourth-order valence-corrected chi connectivity index (χ4v) is 1.71. The smallest absolute Gasteiger partial charge is 0.275 e. The number of hydrogen-bond acceptors (Lipinski definition) is 4. The summed E-state index contributed by atoms with van der Waals surface area (Å²) in [5, 5.41) is 30.1. The maximum atomic E-state index is 10.8. The maximum absolute atomic E-state index is 10.8. The summed E-state index contributed by atoms with van der Waals surface area (Å²) in [6.07, 6.45) is -2.33. The third-order valence-corrected chi connectivity index (χ3v) is 2.89. The Bertz CT molecular complexity index is 396. The van der Waals surface area contributed by atoms with E-state index in [0.717, 1.165) is 5.56 Å². The molecule has 1 rings (SSSR count). The number of nitrogens with zero attached hydrogens (tertiary/aromatic N) is 1. The topological polar surface area (TPSA) is 83.6 Å². The van der Waals surface area contributed by atoms with Crippen LogP contribution in [0.1, 0.15) is 17.2 Å². The van der Waals surface area contributed by atoms with Crippen LogP contribution in [-0.2, 0) is 0 Å². The van der Waals surface area contributed by atoms with Gasteiger partial charge in [-0.2, -0.15) is 0 Å². The highest BCUT2D eigenvalue weighted by molar-refractivity contribution is 9.09. The minimum Gasteiger partial charge on any atom is -0.389 e. The van der Waals surface area contributed by atoms with Crippen LogP contribution in [-0.4, -0.2) is 26.6 Å². The molecule has 0 amide bonds. The first kappa shape index (κ1) is 13.1. The van der Waals surface area contributed by atoms with Crippen LogP contribution in [0.25, 0.3) is 0 Å². The van der Waals surface area contributed by atoms with Gasteiger partial charge in [0.05, 0.1) is 16.6 Å². The zero-order valence-electron chi connectivity index (χ0n) is 8.63. The van der Waals surface area contributed by atoms with Crippen LogP contribution in [0.4, 0.5) is 5.69 Å². The summed E-state index contributed by atoms with van der Waals surface area (Å²) in [4.78, 5) is 10.2. The molecule has 1 aromatic rings. The minimum absolute atomic E-state index is 0.127. The lowest BCUT2D eigenvalue weighted by atomic mass is 10.0. The quantitative estimate of drug-likeness (QED) is 0.502. The van der Waals surface area contributed by atoms with Gasteiger partial charge in [0.2, 0.25) is 0 Å². The van der Waals surface area contributed by atoms with Gasteiger partial charge in [-0.15, -0.1) is 0 Å². The Hall–Kier alpha value is -0.980. The summed E-state index contributed by atoms with van der Waals surface area (Å²) in [7, 11) is 0. The molecule has 0 bridgehead atoms. The number of nitro groups is 1. The third-order valence-electron chi connectivity index (χ3n) is 2.22. The summed E-state index contributed by atoms with van der Waals surface area (Å²) < 4.78 is 0. The van der Waals surface area contributed by atoms with Crippen molar-refractivity contribution in [1.29, 1.82) is 0 Å². The molecule has 0 aliphatic heterocycles. The molecule has 2 unspecified atom stereocenters. The summed E-state index contributed by atoms with van der Waals surface area (Å²) >= 11 is 3.01. The van der Waals surface area contributed by atoms with Crippen molar-refractivity contribution in [2.24, 2.45) is 0 Å². The lowest BCUT2D eigenvalue weighted by molar-refractivity contribution is -0.386. The molecular weight excluding hydrogens is 278 g/mol. The number of alkyl halides is 1. The van der Waals surface area contributed by atoms with Crippen LogP contribution < -0.4 is 0 Å². The maximum Gasteiger partial charge on any atom is 0.275 e. The van der Waals surface area contributed by atoms with Gasteiger partial charge in [-0.3, -0.25) is 10.1 Å². The molecular formula is C10H12BrNO4. The number of rotatable bonds is 4. The van der Waals surface area contributed by atoms with Crippen molar-refractivity contribution in [2.45, 2.75) is 19.1 Å². The molecule has 88 valence electrons. The normalized spacial score (nSPS) is 14.5. The first-order valence-corrected chi connectivity index (χ1v) is 5.76. The zero-order valence-corrected chi connectivity index (χ0v) is 10.2. The van der Waals surface area contributed by atoms with Crippen LogP contribution in [0.5, 0.6) is 0 Å². The number of aryl methyl sites for hydroxylation is 1. The van der Waals surface area contributed by atoms with Crippen LogP contribution in [0.3, 0.4) is 0 Å². The van der Waals surface area contributed by atoms with Crippen molar-refractivity contribution in [2.75, 3.05) is 5.33 Å². The standard InChI is InChI=1S/C10H12BrNO4/c1-6-2-3-7(8(4-6)12(15)16)10(14)9(13)5-11/h2-4,9-10,13-14H,5H2,1H3. The second kappa shape index (κ2) is 5.38. The molecule has 2 N–H and O–H groups in total. The molecule has 0 aliphatic rings. The second-order valence-electron chi connectivity index (χ2n) is 3.49. The summed E-state index contributed by atoms with van der Waals surface area (Å²) in [5.41, 5.74) is 0.686. The molecule has 5 nitrogen and oxygen atoms in total. The number of halogens is 1. The number of aliphatic hydroxyl groups is 2. The Balaban J connectivity index is 3.17. The fraction of sp³-hybridized carbons (Fsp3) is 0.400. The Morgan fingerprint density at radius 2 is 2.12 bits per heavy atom. The minimum atomic E-state index is -1.26. The predicted octanol–water partition coefficient (Wildman–Crippen LogP) is 1.69. The van der Waals surface area contributed by atoms with E-state index < -0.39 is 17.1 Å². The van der Waals surface area contributed by atoms with Gasteiger partial charge in [0.25, 0.3) is 5.69 Å². The van der Waals surface area contributed by atoms with Gasteiger partial charge in [-0.25, -0.2) is 0 Å². The van der Waals surface area contributed by atoms with Crippen molar-refractivity contribution in [3.8, 4) is 0 Å². The Morgan fingerprint density at radius 1 is 1.50 bits per heavy atom. The number of aliphatic hydroxyl groups excluding tert-OH is 2. The first-order chi connectivity index (χ1) is 7.47. The highest BCUT2D eigenvalue weighted by Crippen LogP contribution is 2.28. The van der Waals surface area contributed by atoms with E-state index in [-0.39, 0.29) is 16.6 Å². The fourth-order valence-electron chi connectivity index (χ4n) is 1.35. The van der Waals surface area contributed by atoms with E-state index in [1.807, 2.05) is 0 Å². The molecule has 16 heavy (non-hydrogen) atoms. The van der Waals surface area contributed by atoms with Crippen molar-refractivity contribution >= 4 is 21.6 Å². The van der Waals surface area contributed by atoms with Crippen LogP contribution in [0.15, 0.2) is 18.2 Å². The molecule has 0 aliphatic carbocycles. The average Bonchev–Trinajstić information content (AvgIpc) is 2.26. The monoisotopic (exact) mass is 289 g/mol. The SMILES string of the molecule is Cc1ccc(C(O)C(O)CBr)c([N+](=O)[O-])c1. The van der Waals surface area contributed by atoms with Gasteiger partial charge in [0.1, 0.15) is 6.10 Å². The highest BCUT2D eigenvalue weighted by Gasteiger charge is 2.25. The van der Waals surface area contributed by atoms with Gasteiger partial charge in [0, 0.05) is 11.4 Å². The Morgan fingerprint density at radius 3 is 2.62 bits per heavy atom. The molecule has 0 heterocycles. The third kappa shape index (κ3) is 2.78. The molecule has 0 radical (unpaired) electrons. The van der Waals surface area contributed by atoms with Gasteiger partial charge < -0.3 is 10.2 Å². The largest absolute Gasteiger partial charge is 0.389 e. The highest BCUT2D eigenvalue weighted by atomic mass is 79.9. The molecule has 2 atom stereocenters. The van der Waals surface area contributed by atoms with Crippen LogP contribution in [0, 0.1) is 17.0 Å². The van der Waals surface area contributed by atoms with E-state index in [4.69, 9.17) is 0 Å². The summed E-state index contributed by atoms with van der Waals surface area (Å²) in [5.74, 6) is 0. The second-order valence-corrected chi connectivity index (χ2v) is 4.13. The Kier molecular flexibility index (Phi) is 4.40. The lowest BCUT2D eigenvalue weighted by Crippen LogP contribution is -2.20. The van der Waals surface area contributed by atoms with E-state index >= 15 is 0 Å². The number of nitro benzene ring substituents is 1. The molecule has 0 fully saturated rings. The molecule has 0 saturated heterocycles. The van der Waals surface area contributed by atoms with Crippen LogP contribution in [0.2, 0.25) is 0 Å². The summed E-state index contributed by atoms with van der Waals surface area (Å²) in [6.45, 7) is 1.73. The lowest BCUT2D eigenvalue weighted by Gasteiger charge is -2.15. The molecule has 0 spiro atoms. The van der Waals surface area contributed by atoms with E-state index in [1.165, 1.54) is 12.1 Å².